The van der Waals surface area contributed by atoms with Gasteiger partial charge in [-0.2, -0.15) is 0 Å². The zero-order valence-electron chi connectivity index (χ0n) is 8.61. The van der Waals surface area contributed by atoms with Crippen molar-refractivity contribution in [1.82, 2.24) is 5.32 Å². The number of carbonyl (C=O) groups excluding carboxylic acids is 1. The van der Waals surface area contributed by atoms with Crippen LogP contribution in [0.2, 0.25) is 0 Å². The van der Waals surface area contributed by atoms with E-state index in [-0.39, 0.29) is 10.8 Å². The van der Waals surface area contributed by atoms with Gasteiger partial charge in [-0.15, -0.1) is 0 Å². The van der Waals surface area contributed by atoms with Gasteiger partial charge in [-0.1, -0.05) is 19.9 Å². The van der Waals surface area contributed by atoms with E-state index in [1.807, 2.05) is 6.92 Å². The van der Waals surface area contributed by atoms with E-state index in [2.05, 4.69) is 25.2 Å². The Hall–Kier alpha value is -0.630. The minimum absolute atomic E-state index is 0.147. The molecule has 2 bridgehead atoms. The van der Waals surface area contributed by atoms with Gasteiger partial charge in [0, 0.05) is 18.5 Å². The Bertz CT molecular complexity index is 294. The van der Waals surface area contributed by atoms with Crippen molar-refractivity contribution in [2.45, 2.75) is 27.2 Å². The van der Waals surface area contributed by atoms with E-state index < -0.39 is 0 Å². The van der Waals surface area contributed by atoms with Gasteiger partial charge in [0.05, 0.1) is 0 Å². The molecule has 72 valence electrons. The van der Waals surface area contributed by atoms with E-state index in [0.717, 1.165) is 25.1 Å². The summed E-state index contributed by atoms with van der Waals surface area (Å²) in [5.74, 6) is 0.331. The molecule has 0 aromatic rings. The summed E-state index contributed by atoms with van der Waals surface area (Å²) in [4.78, 5) is 11.9. The fourth-order valence-electron chi connectivity index (χ4n) is 2.97. The maximum absolute atomic E-state index is 11.9. The number of ketones is 1. The van der Waals surface area contributed by atoms with Crippen LogP contribution in [0.15, 0.2) is 11.6 Å². The highest BCUT2D eigenvalue weighted by molar-refractivity contribution is 6.00. The highest BCUT2D eigenvalue weighted by Gasteiger charge is 2.46. The number of allylic oxidation sites excluding steroid dienone is 1. The summed E-state index contributed by atoms with van der Waals surface area (Å²) >= 11 is 0. The van der Waals surface area contributed by atoms with Crippen molar-refractivity contribution >= 4 is 5.78 Å². The molecule has 0 amide bonds. The number of nitrogens with one attached hydrogen (secondary N) is 1. The van der Waals surface area contributed by atoms with E-state index >= 15 is 0 Å². The monoisotopic (exact) mass is 179 g/mol. The molecule has 0 aromatic heterocycles. The minimum atomic E-state index is -0.147. The molecule has 2 aliphatic rings. The molecule has 0 radical (unpaired) electrons. The second-order valence-corrected chi connectivity index (χ2v) is 5.15. The molecule has 1 heterocycles. The fraction of sp³-hybridized carbons (Fsp3) is 0.727. The van der Waals surface area contributed by atoms with E-state index in [9.17, 15) is 4.79 Å². The van der Waals surface area contributed by atoms with Gasteiger partial charge in [-0.05, 0) is 24.3 Å². The third-order valence-corrected chi connectivity index (χ3v) is 3.31. The maximum Gasteiger partial charge on any atom is 0.165 e. The van der Waals surface area contributed by atoms with Gasteiger partial charge >= 0.3 is 0 Å². The largest absolute Gasteiger partial charge is 0.315 e. The molecular weight excluding hydrogens is 162 g/mol. The van der Waals surface area contributed by atoms with Gasteiger partial charge in [0.25, 0.3) is 0 Å². The van der Waals surface area contributed by atoms with Crippen molar-refractivity contribution < 1.29 is 4.79 Å². The molecule has 2 nitrogen and oxygen atoms in total. The smallest absolute Gasteiger partial charge is 0.165 e. The molecule has 0 saturated carbocycles. The van der Waals surface area contributed by atoms with E-state index in [0.29, 0.717) is 5.78 Å². The van der Waals surface area contributed by atoms with Crippen molar-refractivity contribution in [3.05, 3.63) is 11.6 Å². The molecule has 1 aliphatic heterocycles. The average Bonchev–Trinajstić information content (AvgIpc) is 1.99. The van der Waals surface area contributed by atoms with Gasteiger partial charge in [-0.25, -0.2) is 0 Å². The van der Waals surface area contributed by atoms with Gasteiger partial charge in [0.2, 0.25) is 0 Å². The van der Waals surface area contributed by atoms with Gasteiger partial charge in [0.1, 0.15) is 0 Å². The second kappa shape index (κ2) is 2.44. The van der Waals surface area contributed by atoms with Crippen LogP contribution in [0.25, 0.3) is 0 Å². The number of Topliss-reactive ketones (excluding diaryl/α,β-unsaturated/α-hetero) is 1. The van der Waals surface area contributed by atoms with E-state index in [1.165, 1.54) is 0 Å². The van der Waals surface area contributed by atoms with Gasteiger partial charge in [0.15, 0.2) is 5.78 Å². The Kier molecular flexibility index (Phi) is 1.68. The van der Waals surface area contributed by atoms with Crippen LogP contribution in [0.1, 0.15) is 27.2 Å². The lowest BCUT2D eigenvalue weighted by Gasteiger charge is -2.46. The number of hydrogen-bond donors (Lipinski definition) is 1. The lowest BCUT2D eigenvalue weighted by atomic mass is 9.62. The lowest BCUT2D eigenvalue weighted by molar-refractivity contribution is -0.127. The molecule has 0 spiro atoms. The van der Waals surface area contributed by atoms with E-state index in [1.54, 1.807) is 0 Å². The summed E-state index contributed by atoms with van der Waals surface area (Å²) in [5, 5.41) is 3.35. The number of hydrogen-bond acceptors (Lipinski definition) is 2. The van der Waals surface area contributed by atoms with Crippen molar-refractivity contribution in [2.24, 2.45) is 10.8 Å². The summed E-state index contributed by atoms with van der Waals surface area (Å²) in [6.07, 6.45) is 3.15. The number of piperidine rings is 1. The van der Waals surface area contributed by atoms with Crippen molar-refractivity contribution in [1.29, 1.82) is 0 Å². The molecule has 1 fully saturated rings. The predicted octanol–water partition coefficient (Wildman–Crippen LogP) is 1.52. The van der Waals surface area contributed by atoms with Crippen molar-refractivity contribution in [3.8, 4) is 0 Å². The SMILES string of the molecule is CC1=CC2(C)CNCC(C)(C2)C1=O. The average molecular weight is 179 g/mol. The molecule has 2 rings (SSSR count). The highest BCUT2D eigenvalue weighted by Crippen LogP contribution is 2.44. The van der Waals surface area contributed by atoms with Crippen LogP contribution in [0, 0.1) is 10.8 Å². The third kappa shape index (κ3) is 1.24. The Morgan fingerprint density at radius 3 is 2.77 bits per heavy atom. The molecule has 0 aromatic carbocycles. The zero-order valence-corrected chi connectivity index (χ0v) is 8.61. The second-order valence-electron chi connectivity index (χ2n) is 5.15. The first-order valence-corrected chi connectivity index (χ1v) is 4.90. The predicted molar refractivity (Wildman–Crippen MR) is 52.5 cm³/mol. The first-order valence-electron chi connectivity index (χ1n) is 4.90. The standard InChI is InChI=1S/C11H17NO/c1-8-4-10(2)5-11(3,9(8)13)7-12-6-10/h4,12H,5-7H2,1-3H3. The van der Waals surface area contributed by atoms with Crippen molar-refractivity contribution in [3.63, 3.8) is 0 Å². The number of fused-ring (bicyclic) bond motifs is 2. The summed E-state index contributed by atoms with van der Waals surface area (Å²) < 4.78 is 0. The minimum Gasteiger partial charge on any atom is -0.315 e. The fourth-order valence-corrected chi connectivity index (χ4v) is 2.97. The van der Waals surface area contributed by atoms with Crippen molar-refractivity contribution in [2.75, 3.05) is 13.1 Å². The third-order valence-electron chi connectivity index (χ3n) is 3.31. The number of rotatable bonds is 0. The molecule has 13 heavy (non-hydrogen) atoms. The van der Waals surface area contributed by atoms with Crippen LogP contribution in [0.3, 0.4) is 0 Å². The number of carbonyl (C=O) groups is 1. The zero-order chi connectivity index (χ0) is 9.69. The molecule has 2 heteroatoms. The van der Waals surface area contributed by atoms with Crippen LogP contribution in [0.4, 0.5) is 0 Å². The summed E-state index contributed by atoms with van der Waals surface area (Å²) in [7, 11) is 0. The Balaban J connectivity index is 2.46. The van der Waals surface area contributed by atoms with Crippen LogP contribution in [-0.4, -0.2) is 18.9 Å². The summed E-state index contributed by atoms with van der Waals surface area (Å²) in [6.45, 7) is 8.10. The summed E-state index contributed by atoms with van der Waals surface area (Å²) in [5.41, 5.74) is 1.01. The normalized spacial score (nSPS) is 44.5. The highest BCUT2D eigenvalue weighted by atomic mass is 16.1. The Morgan fingerprint density at radius 1 is 1.38 bits per heavy atom. The quantitative estimate of drug-likeness (QED) is 0.611. The first-order chi connectivity index (χ1) is 5.95. The van der Waals surface area contributed by atoms with Gasteiger partial charge < -0.3 is 5.32 Å². The van der Waals surface area contributed by atoms with Crippen LogP contribution in [0.5, 0.6) is 0 Å². The van der Waals surface area contributed by atoms with E-state index in [4.69, 9.17) is 0 Å². The van der Waals surface area contributed by atoms with Crippen LogP contribution < -0.4 is 5.32 Å². The molecule has 2 atom stereocenters. The Labute approximate surface area is 79.4 Å². The molecule has 1 aliphatic carbocycles. The van der Waals surface area contributed by atoms with Crippen LogP contribution >= 0.6 is 0 Å². The van der Waals surface area contributed by atoms with Gasteiger partial charge in [-0.3, -0.25) is 4.79 Å². The van der Waals surface area contributed by atoms with Crippen LogP contribution in [-0.2, 0) is 4.79 Å². The Morgan fingerprint density at radius 2 is 2.08 bits per heavy atom. The lowest BCUT2D eigenvalue weighted by Crippen LogP contribution is -2.54. The first kappa shape index (κ1) is 8.95. The molecular formula is C11H17NO. The topological polar surface area (TPSA) is 29.1 Å². The summed E-state index contributed by atoms with van der Waals surface area (Å²) in [6, 6.07) is 0. The molecule has 1 N–H and O–H groups in total. The molecule has 2 unspecified atom stereocenters. The maximum atomic E-state index is 11.9. The molecule has 1 saturated heterocycles.